The van der Waals surface area contributed by atoms with Crippen molar-refractivity contribution in [1.29, 1.82) is 0 Å². The van der Waals surface area contributed by atoms with Gasteiger partial charge in [-0.05, 0) is 87.9 Å². The number of hydrogen-bond donors (Lipinski definition) is 2. The number of carboxylic acid groups (broad SMARTS) is 1. The van der Waals surface area contributed by atoms with Crippen molar-refractivity contribution in [3.63, 3.8) is 0 Å². The second kappa shape index (κ2) is 14.7. The van der Waals surface area contributed by atoms with E-state index >= 15 is 0 Å². The first-order valence-electron chi connectivity index (χ1n) is 18.6. The summed E-state index contributed by atoms with van der Waals surface area (Å²) < 4.78 is 3.25. The molecule has 55 heavy (non-hydrogen) atoms. The zero-order valence-corrected chi connectivity index (χ0v) is 32.6. The van der Waals surface area contributed by atoms with E-state index in [1.807, 2.05) is 87.0 Å². The molecule has 1 aromatic carbocycles. The summed E-state index contributed by atoms with van der Waals surface area (Å²) in [6.45, 7) is 8.98. The molecule has 4 aromatic heterocycles. The van der Waals surface area contributed by atoms with Gasteiger partial charge in [0.1, 0.15) is 17.8 Å². The van der Waals surface area contributed by atoms with Crippen LogP contribution in [0.3, 0.4) is 0 Å². The topological polar surface area (TPSA) is 154 Å². The van der Waals surface area contributed by atoms with Crippen LogP contribution in [0.2, 0.25) is 0 Å². The molecule has 0 spiro atoms. The summed E-state index contributed by atoms with van der Waals surface area (Å²) in [5.41, 5.74) is 1.20. The molecule has 13 nitrogen and oxygen atoms in total. The summed E-state index contributed by atoms with van der Waals surface area (Å²) in [6.07, 6.45) is 4.91. The third kappa shape index (κ3) is 7.52. The molecule has 5 aromatic rings. The Kier molecular flexibility index (Phi) is 10.2. The molecule has 0 aliphatic carbocycles. The number of carbonyl (C=O) groups is 3. The summed E-state index contributed by atoms with van der Waals surface area (Å²) in [4.78, 5) is 68.8. The Morgan fingerprint density at radius 1 is 1.00 bits per heavy atom. The predicted molar refractivity (Wildman–Crippen MR) is 211 cm³/mol. The highest BCUT2D eigenvalue weighted by atomic mass is 32.1. The van der Waals surface area contributed by atoms with Crippen LogP contribution in [0.25, 0.3) is 21.5 Å². The Hall–Kier alpha value is -5.34. The van der Waals surface area contributed by atoms with Gasteiger partial charge < -0.3 is 24.6 Å². The third-order valence-corrected chi connectivity index (χ3v) is 12.3. The molecule has 6 heterocycles. The molecule has 2 aliphatic rings. The van der Waals surface area contributed by atoms with Crippen molar-refractivity contribution >= 4 is 46.1 Å². The maximum Gasteiger partial charge on any atom is 0.413 e. The lowest BCUT2D eigenvalue weighted by atomic mass is 9.79. The molecule has 0 radical (unpaired) electrons. The number of pyridine rings is 1. The third-order valence-electron chi connectivity index (χ3n) is 11.0. The number of anilines is 1. The van der Waals surface area contributed by atoms with Gasteiger partial charge in [-0.1, -0.05) is 30.3 Å². The van der Waals surface area contributed by atoms with Crippen molar-refractivity contribution in [3.8, 4) is 10.4 Å². The van der Waals surface area contributed by atoms with Crippen molar-refractivity contribution < 1.29 is 24.6 Å². The van der Waals surface area contributed by atoms with E-state index in [0.717, 1.165) is 21.6 Å². The van der Waals surface area contributed by atoms with E-state index in [4.69, 9.17) is 0 Å². The van der Waals surface area contributed by atoms with Crippen LogP contribution in [0, 0.1) is 12.8 Å². The van der Waals surface area contributed by atoms with Gasteiger partial charge in [0.05, 0.1) is 22.4 Å². The summed E-state index contributed by atoms with van der Waals surface area (Å²) in [6, 6.07) is 17.0. The van der Waals surface area contributed by atoms with E-state index in [2.05, 4.69) is 9.97 Å². The van der Waals surface area contributed by atoms with Crippen LogP contribution in [0.15, 0.2) is 78.1 Å². The molecule has 7 rings (SSSR count). The molecule has 0 bridgehead atoms. The molecule has 2 atom stereocenters. The summed E-state index contributed by atoms with van der Waals surface area (Å²) >= 11 is 1.37. The summed E-state index contributed by atoms with van der Waals surface area (Å²) in [7, 11) is 1.83. The van der Waals surface area contributed by atoms with E-state index < -0.39 is 17.2 Å². The Bertz CT molecular complexity index is 2300. The number of likely N-dealkylation sites (tertiary alicyclic amines) is 2. The first kappa shape index (κ1) is 38.0. The largest absolute Gasteiger partial charge is 0.465 e. The van der Waals surface area contributed by atoms with Crippen LogP contribution in [-0.2, 0) is 18.4 Å². The van der Waals surface area contributed by atoms with Gasteiger partial charge in [-0.25, -0.2) is 14.8 Å². The quantitative estimate of drug-likeness (QED) is 0.213. The van der Waals surface area contributed by atoms with Gasteiger partial charge in [-0.2, -0.15) is 0 Å². The van der Waals surface area contributed by atoms with Gasteiger partial charge in [-0.15, -0.1) is 11.3 Å². The number of carbonyl (C=O) groups excluding carboxylic acids is 2. The monoisotopic (exact) mass is 765 g/mol. The number of amides is 3. The van der Waals surface area contributed by atoms with Crippen LogP contribution >= 0.6 is 11.3 Å². The van der Waals surface area contributed by atoms with Gasteiger partial charge in [0.25, 0.3) is 11.5 Å². The Balaban J connectivity index is 1.06. The highest BCUT2D eigenvalue weighted by Crippen LogP contribution is 2.39. The van der Waals surface area contributed by atoms with Crippen molar-refractivity contribution in [1.82, 2.24) is 28.9 Å². The minimum absolute atomic E-state index is 0.0148. The number of aromatic nitrogens is 4. The first-order valence-corrected chi connectivity index (χ1v) is 19.4. The fraction of sp³-hybridized carbons (Fsp3) is 0.415. The van der Waals surface area contributed by atoms with Crippen LogP contribution in [0.5, 0.6) is 0 Å². The van der Waals surface area contributed by atoms with Crippen molar-refractivity contribution in [2.24, 2.45) is 13.0 Å². The average molecular weight is 766 g/mol. The zero-order chi connectivity index (χ0) is 39.2. The summed E-state index contributed by atoms with van der Waals surface area (Å²) in [5, 5.41) is 22.0. The number of benzene rings is 1. The number of aryl methyl sites for hydroxylation is 2. The predicted octanol–water partition coefficient (Wildman–Crippen LogP) is 5.75. The maximum absolute atomic E-state index is 14.3. The molecule has 288 valence electrons. The zero-order valence-electron chi connectivity index (χ0n) is 31.8. The SMILES string of the molecule is Cc1cc(C(=O)N2CC[C@@H](C(=O)N3CCC(O)(Cn4cnc5c(ccn5C)c4=O)CC3)[C@H](c3ccccc3)C2)sc1-c1ccnc(N(C(=O)O)C(C)(C)C)c1. The van der Waals surface area contributed by atoms with Gasteiger partial charge in [0, 0.05) is 67.9 Å². The van der Waals surface area contributed by atoms with Crippen LogP contribution in [0.4, 0.5) is 10.6 Å². The van der Waals surface area contributed by atoms with Crippen molar-refractivity contribution in [3.05, 3.63) is 99.7 Å². The normalized spacial score (nSPS) is 18.7. The molecule has 0 saturated carbocycles. The Morgan fingerprint density at radius 2 is 1.73 bits per heavy atom. The highest BCUT2D eigenvalue weighted by Gasteiger charge is 2.42. The van der Waals surface area contributed by atoms with Gasteiger partial charge in [0.2, 0.25) is 5.91 Å². The number of nitrogens with zero attached hydrogens (tertiary/aromatic N) is 7. The van der Waals surface area contributed by atoms with Crippen molar-refractivity contribution in [2.75, 3.05) is 31.1 Å². The second-order valence-electron chi connectivity index (χ2n) is 15.9. The van der Waals surface area contributed by atoms with Crippen molar-refractivity contribution in [2.45, 2.75) is 70.6 Å². The Labute approximate surface area is 323 Å². The smallest absolute Gasteiger partial charge is 0.413 e. The minimum Gasteiger partial charge on any atom is -0.465 e. The Morgan fingerprint density at radius 3 is 2.42 bits per heavy atom. The molecule has 2 fully saturated rings. The van der Waals surface area contributed by atoms with E-state index in [1.54, 1.807) is 29.1 Å². The van der Waals surface area contributed by atoms with Crippen LogP contribution in [0.1, 0.15) is 66.8 Å². The lowest BCUT2D eigenvalue weighted by Crippen LogP contribution is -2.53. The molecule has 14 heteroatoms. The van der Waals surface area contributed by atoms with E-state index in [1.165, 1.54) is 27.1 Å². The number of aliphatic hydroxyl groups is 1. The van der Waals surface area contributed by atoms with Crippen LogP contribution < -0.4 is 10.5 Å². The minimum atomic E-state index is -1.16. The molecule has 2 N–H and O–H groups in total. The number of hydrogen-bond acceptors (Lipinski definition) is 8. The number of piperidine rings is 2. The van der Waals surface area contributed by atoms with Gasteiger partial charge >= 0.3 is 6.09 Å². The lowest BCUT2D eigenvalue weighted by Gasteiger charge is -2.43. The molecule has 3 amide bonds. The summed E-state index contributed by atoms with van der Waals surface area (Å²) in [5.74, 6) is -0.352. The molecule has 0 unspecified atom stereocenters. The lowest BCUT2D eigenvalue weighted by molar-refractivity contribution is -0.142. The number of fused-ring (bicyclic) bond motifs is 1. The molecular formula is C41H47N7O6S. The van der Waals surface area contributed by atoms with Gasteiger partial charge in [0.15, 0.2) is 0 Å². The standard InChI is InChI=1S/C41H47N7O6S/c1-26-21-32(55-34(26)28-11-16-42-33(22-28)48(39(52)53)40(2,3)4)38(51)46-18-13-29(31(23-46)27-9-7-6-8-10-27)36(49)45-19-14-41(54,15-20-45)24-47-25-43-35-30(37(47)50)12-17-44(35)5/h6-12,16-17,21-22,25,29,31,54H,13-15,18-20,23-24H2,1-5H3,(H,52,53)/t29-,31+/m1/s1. The van der Waals surface area contributed by atoms with Gasteiger partial charge in [-0.3, -0.25) is 23.9 Å². The van der Waals surface area contributed by atoms with E-state index in [0.29, 0.717) is 67.2 Å². The second-order valence-corrected chi connectivity index (χ2v) is 16.9. The van der Waals surface area contributed by atoms with E-state index in [9.17, 15) is 29.4 Å². The molecular weight excluding hydrogens is 719 g/mol. The first-order chi connectivity index (χ1) is 26.1. The van der Waals surface area contributed by atoms with Crippen LogP contribution in [-0.4, -0.2) is 94.3 Å². The fourth-order valence-corrected chi connectivity index (χ4v) is 9.19. The highest BCUT2D eigenvalue weighted by molar-refractivity contribution is 7.17. The van der Waals surface area contributed by atoms with E-state index in [-0.39, 0.29) is 35.8 Å². The average Bonchev–Trinajstić information content (AvgIpc) is 3.74. The number of thiophene rings is 1. The number of rotatable bonds is 7. The fourth-order valence-electron chi connectivity index (χ4n) is 8.06. The molecule has 2 aliphatic heterocycles. The maximum atomic E-state index is 14.3. The molecule has 2 saturated heterocycles.